The minimum Gasteiger partial charge on any atom is -0.396 e. The van der Waals surface area contributed by atoms with Crippen LogP contribution in [0.15, 0.2) is 0 Å². The second kappa shape index (κ2) is 10.4. The highest BCUT2D eigenvalue weighted by Gasteiger charge is 2.25. The van der Waals surface area contributed by atoms with Gasteiger partial charge in [-0.2, -0.15) is 0 Å². The summed E-state index contributed by atoms with van der Waals surface area (Å²) in [5.41, 5.74) is 0. The van der Waals surface area contributed by atoms with Crippen molar-refractivity contribution in [2.45, 2.75) is 52.5 Å². The second-order valence-corrected chi connectivity index (χ2v) is 6.33. The molecule has 1 amide bonds. The number of aliphatic hydroxyl groups excluding tert-OH is 1. The molecule has 20 heavy (non-hydrogen) atoms. The molecule has 1 rings (SSSR count). The maximum Gasteiger partial charge on any atom is 0.223 e. The number of carbonyl (C=O) groups is 1. The summed E-state index contributed by atoms with van der Waals surface area (Å²) in [6, 6.07) is 0.438. The predicted octanol–water partition coefficient (Wildman–Crippen LogP) is 1.96. The molecule has 1 unspecified atom stereocenters. The largest absolute Gasteiger partial charge is 0.396 e. The van der Waals surface area contributed by atoms with Crippen molar-refractivity contribution in [3.63, 3.8) is 0 Å². The van der Waals surface area contributed by atoms with Gasteiger partial charge in [-0.05, 0) is 51.0 Å². The van der Waals surface area contributed by atoms with Gasteiger partial charge < -0.3 is 15.7 Å². The zero-order valence-electron chi connectivity index (χ0n) is 13.0. The Morgan fingerprint density at radius 1 is 1.45 bits per heavy atom. The van der Waals surface area contributed by atoms with Crippen LogP contribution in [0.1, 0.15) is 46.5 Å². The molecule has 1 saturated heterocycles. The van der Waals surface area contributed by atoms with Crippen molar-refractivity contribution in [2.75, 3.05) is 19.7 Å². The van der Waals surface area contributed by atoms with Crippen LogP contribution >= 0.6 is 12.4 Å². The highest BCUT2D eigenvalue weighted by molar-refractivity contribution is 5.85. The van der Waals surface area contributed by atoms with E-state index in [1.165, 1.54) is 0 Å². The fraction of sp³-hybridized carbons (Fsp3) is 0.933. The highest BCUT2D eigenvalue weighted by atomic mass is 35.5. The molecule has 3 atom stereocenters. The first-order valence-electron chi connectivity index (χ1n) is 7.64. The van der Waals surface area contributed by atoms with Crippen molar-refractivity contribution < 1.29 is 9.90 Å². The third-order valence-corrected chi connectivity index (χ3v) is 3.90. The molecule has 0 radical (unpaired) electrons. The van der Waals surface area contributed by atoms with Gasteiger partial charge in [-0.1, -0.05) is 13.8 Å². The standard InChI is InChI=1S/C15H30N2O2.ClH/c1-11(2)8-13(5-7-18)10-17-15(19)14-4-6-16-12(3)9-14;/h11-14,16,18H,4-10H2,1-3H3,(H,17,19);1H/t12-,13?,14-;/m0./s1. The number of hydrogen-bond acceptors (Lipinski definition) is 3. The maximum atomic E-state index is 12.1. The summed E-state index contributed by atoms with van der Waals surface area (Å²) in [6.45, 7) is 8.34. The van der Waals surface area contributed by atoms with E-state index in [1.807, 2.05) is 0 Å². The number of amides is 1. The molecular formula is C15H31ClN2O2. The Kier molecular flexibility index (Phi) is 10.2. The Morgan fingerprint density at radius 3 is 2.70 bits per heavy atom. The molecule has 1 heterocycles. The summed E-state index contributed by atoms with van der Waals surface area (Å²) >= 11 is 0. The van der Waals surface area contributed by atoms with E-state index in [0.29, 0.717) is 24.4 Å². The lowest BCUT2D eigenvalue weighted by molar-refractivity contribution is -0.126. The van der Waals surface area contributed by atoms with E-state index in [4.69, 9.17) is 5.11 Å². The Bertz CT molecular complexity index is 275. The number of piperidine rings is 1. The number of rotatable bonds is 7. The fourth-order valence-corrected chi connectivity index (χ4v) is 2.91. The molecule has 0 aromatic rings. The van der Waals surface area contributed by atoms with Gasteiger partial charge in [0.2, 0.25) is 5.91 Å². The molecule has 3 N–H and O–H groups in total. The van der Waals surface area contributed by atoms with Crippen LogP contribution in [0.4, 0.5) is 0 Å². The van der Waals surface area contributed by atoms with E-state index < -0.39 is 0 Å². The van der Waals surface area contributed by atoms with E-state index in [0.717, 1.165) is 32.2 Å². The Morgan fingerprint density at radius 2 is 2.15 bits per heavy atom. The first-order chi connectivity index (χ1) is 9.02. The third kappa shape index (κ3) is 7.46. The first-order valence-corrected chi connectivity index (χ1v) is 7.64. The molecule has 0 bridgehead atoms. The molecule has 1 aliphatic heterocycles. The monoisotopic (exact) mass is 306 g/mol. The lowest BCUT2D eigenvalue weighted by Gasteiger charge is -2.28. The SMILES string of the molecule is CC(C)CC(CCO)CNC(=O)[C@H]1CCN[C@@H](C)C1.Cl. The van der Waals surface area contributed by atoms with Gasteiger partial charge in [0.1, 0.15) is 0 Å². The summed E-state index contributed by atoms with van der Waals surface area (Å²) in [5.74, 6) is 1.35. The second-order valence-electron chi connectivity index (χ2n) is 6.33. The fourth-order valence-electron chi connectivity index (χ4n) is 2.91. The molecule has 0 aromatic carbocycles. The third-order valence-electron chi connectivity index (χ3n) is 3.90. The molecule has 5 heteroatoms. The number of halogens is 1. The molecule has 0 aliphatic carbocycles. The normalized spacial score (nSPS) is 24.1. The van der Waals surface area contributed by atoms with E-state index in [-0.39, 0.29) is 30.8 Å². The molecule has 1 aliphatic rings. The molecule has 0 aromatic heterocycles. The average molecular weight is 307 g/mol. The van der Waals surface area contributed by atoms with Crippen molar-refractivity contribution in [1.29, 1.82) is 0 Å². The molecule has 0 saturated carbocycles. The quantitative estimate of drug-likeness (QED) is 0.674. The van der Waals surface area contributed by atoms with Crippen molar-refractivity contribution in [3.8, 4) is 0 Å². The van der Waals surface area contributed by atoms with E-state index in [1.54, 1.807) is 0 Å². The van der Waals surface area contributed by atoms with Crippen LogP contribution in [0.25, 0.3) is 0 Å². The van der Waals surface area contributed by atoms with Gasteiger partial charge >= 0.3 is 0 Å². The van der Waals surface area contributed by atoms with Gasteiger partial charge in [-0.25, -0.2) is 0 Å². The van der Waals surface area contributed by atoms with Crippen molar-refractivity contribution in [3.05, 3.63) is 0 Å². The molecule has 0 spiro atoms. The minimum absolute atomic E-state index is 0. The smallest absolute Gasteiger partial charge is 0.223 e. The van der Waals surface area contributed by atoms with Crippen LogP contribution in [-0.2, 0) is 4.79 Å². The maximum absolute atomic E-state index is 12.1. The number of aliphatic hydroxyl groups is 1. The van der Waals surface area contributed by atoms with Crippen LogP contribution < -0.4 is 10.6 Å². The summed E-state index contributed by atoms with van der Waals surface area (Å²) in [7, 11) is 0. The van der Waals surface area contributed by atoms with Crippen LogP contribution in [0.5, 0.6) is 0 Å². The minimum atomic E-state index is 0. The number of nitrogens with one attached hydrogen (secondary N) is 2. The highest BCUT2D eigenvalue weighted by Crippen LogP contribution is 2.18. The number of hydrogen-bond donors (Lipinski definition) is 3. The van der Waals surface area contributed by atoms with Gasteiger partial charge in [-0.15, -0.1) is 12.4 Å². The Labute approximate surface area is 129 Å². The van der Waals surface area contributed by atoms with Crippen LogP contribution in [0, 0.1) is 17.8 Å². The first kappa shape index (κ1) is 19.7. The van der Waals surface area contributed by atoms with Gasteiger partial charge in [0.15, 0.2) is 0 Å². The Hall–Kier alpha value is -0.320. The summed E-state index contributed by atoms with van der Waals surface area (Å²) in [6.07, 6.45) is 3.70. The van der Waals surface area contributed by atoms with Crippen LogP contribution in [-0.4, -0.2) is 36.8 Å². The van der Waals surface area contributed by atoms with Gasteiger partial charge in [0.25, 0.3) is 0 Å². The van der Waals surface area contributed by atoms with Crippen molar-refractivity contribution in [2.24, 2.45) is 17.8 Å². The average Bonchev–Trinajstić information content (AvgIpc) is 2.35. The lowest BCUT2D eigenvalue weighted by Crippen LogP contribution is -2.43. The van der Waals surface area contributed by atoms with E-state index in [9.17, 15) is 4.79 Å². The Balaban J connectivity index is 0.00000361. The van der Waals surface area contributed by atoms with Gasteiger partial charge in [0, 0.05) is 25.1 Å². The lowest BCUT2D eigenvalue weighted by atomic mass is 9.91. The zero-order chi connectivity index (χ0) is 14.3. The predicted molar refractivity (Wildman–Crippen MR) is 85.1 cm³/mol. The van der Waals surface area contributed by atoms with Crippen LogP contribution in [0.2, 0.25) is 0 Å². The molecule has 1 fully saturated rings. The molecular weight excluding hydrogens is 276 g/mol. The summed E-state index contributed by atoms with van der Waals surface area (Å²) < 4.78 is 0. The van der Waals surface area contributed by atoms with E-state index >= 15 is 0 Å². The molecule has 120 valence electrons. The number of carbonyl (C=O) groups excluding carboxylic acids is 1. The molecule has 4 nitrogen and oxygen atoms in total. The summed E-state index contributed by atoms with van der Waals surface area (Å²) in [4.78, 5) is 12.1. The van der Waals surface area contributed by atoms with E-state index in [2.05, 4.69) is 31.4 Å². The van der Waals surface area contributed by atoms with Crippen molar-refractivity contribution >= 4 is 18.3 Å². The topological polar surface area (TPSA) is 61.4 Å². The van der Waals surface area contributed by atoms with Gasteiger partial charge in [0.05, 0.1) is 0 Å². The van der Waals surface area contributed by atoms with Crippen molar-refractivity contribution in [1.82, 2.24) is 10.6 Å². The van der Waals surface area contributed by atoms with Crippen LogP contribution in [0.3, 0.4) is 0 Å². The summed E-state index contributed by atoms with van der Waals surface area (Å²) in [5, 5.41) is 15.5. The zero-order valence-corrected chi connectivity index (χ0v) is 13.8. The van der Waals surface area contributed by atoms with Gasteiger partial charge in [-0.3, -0.25) is 4.79 Å².